The first kappa shape index (κ1) is 34.4. The quantitative estimate of drug-likeness (QED) is 0.0482. The van der Waals surface area contributed by atoms with Crippen molar-refractivity contribution in [2.24, 2.45) is 5.92 Å². The van der Waals surface area contributed by atoms with E-state index in [0.29, 0.717) is 29.2 Å². The number of nitrogens with zero attached hydrogens (tertiary/aromatic N) is 2. The van der Waals surface area contributed by atoms with Gasteiger partial charge in [-0.15, -0.1) is 0 Å². The number of nitrogens with one attached hydrogen (secondary N) is 3. The van der Waals surface area contributed by atoms with Gasteiger partial charge in [0.1, 0.15) is 11.7 Å². The monoisotopic (exact) mass is 599 g/mol. The zero-order valence-electron chi connectivity index (χ0n) is 24.0. The number of aliphatic carboxylic acids is 2. The lowest BCUT2D eigenvalue weighted by molar-refractivity contribution is -0.168. The van der Waals surface area contributed by atoms with Crippen molar-refractivity contribution in [1.82, 2.24) is 26.0 Å². The number of hydroxylamine groups is 2. The highest BCUT2D eigenvalue weighted by molar-refractivity contribution is 5.98. The molecule has 6 N–H and O–H groups in total. The van der Waals surface area contributed by atoms with Crippen LogP contribution in [0, 0.1) is 5.92 Å². The zero-order chi connectivity index (χ0) is 31.9. The van der Waals surface area contributed by atoms with Crippen molar-refractivity contribution < 1.29 is 44.2 Å². The van der Waals surface area contributed by atoms with Crippen LogP contribution in [0.1, 0.15) is 73.2 Å². The number of carbonyl (C=O) groups is 6. The maximum atomic E-state index is 12.9. The molecule has 0 radical (unpaired) electrons. The summed E-state index contributed by atoms with van der Waals surface area (Å²) < 4.78 is 0. The summed E-state index contributed by atoms with van der Waals surface area (Å²) in [6, 6.07) is 8.32. The van der Waals surface area contributed by atoms with Gasteiger partial charge in [0.05, 0.1) is 30.7 Å². The first-order valence-electron chi connectivity index (χ1n) is 13.8. The minimum absolute atomic E-state index is 0.0555. The van der Waals surface area contributed by atoms with Crippen LogP contribution >= 0.6 is 0 Å². The van der Waals surface area contributed by atoms with E-state index in [1.54, 1.807) is 31.2 Å². The summed E-state index contributed by atoms with van der Waals surface area (Å²) in [6.07, 6.45) is 2.88. The van der Waals surface area contributed by atoms with Gasteiger partial charge in [-0.05, 0) is 37.1 Å². The van der Waals surface area contributed by atoms with Crippen molar-refractivity contribution in [1.29, 1.82) is 0 Å². The van der Waals surface area contributed by atoms with E-state index in [1.807, 2.05) is 6.92 Å². The predicted molar refractivity (Wildman–Crippen MR) is 153 cm³/mol. The summed E-state index contributed by atoms with van der Waals surface area (Å²) in [7, 11) is 0. The molecule has 0 aliphatic heterocycles. The summed E-state index contributed by atoms with van der Waals surface area (Å²) in [5.74, 6) is -5.25. The molecule has 0 aliphatic carbocycles. The summed E-state index contributed by atoms with van der Waals surface area (Å²) >= 11 is 0. The lowest BCUT2D eigenvalue weighted by Crippen LogP contribution is -2.47. The normalized spacial score (nSPS) is 12.7. The lowest BCUT2D eigenvalue weighted by atomic mass is 9.90. The average Bonchev–Trinajstić information content (AvgIpc) is 2.99. The Hall–Kier alpha value is -4.85. The Morgan fingerprint density at radius 3 is 2.23 bits per heavy atom. The van der Waals surface area contributed by atoms with Gasteiger partial charge in [0.15, 0.2) is 0 Å². The average molecular weight is 600 g/mol. The van der Waals surface area contributed by atoms with Crippen molar-refractivity contribution in [3.63, 3.8) is 0 Å². The van der Waals surface area contributed by atoms with Gasteiger partial charge in [-0.3, -0.25) is 29.2 Å². The Labute approximate surface area is 248 Å². The molecule has 232 valence electrons. The SMILES string of the molecule is CCCCCC(C(=O)NCNC(=O)c1cccc(-c2ccc(C(=O)NC(CC(=O)O)C(=O)O)cc2)n1)C(CC)N(O)C=O. The molecule has 2 aromatic rings. The molecular formula is C29H37N5O9. The van der Waals surface area contributed by atoms with Gasteiger partial charge < -0.3 is 26.2 Å². The predicted octanol–water partition coefficient (Wildman–Crippen LogP) is 2.03. The highest BCUT2D eigenvalue weighted by Crippen LogP contribution is 2.21. The van der Waals surface area contributed by atoms with Crippen LogP contribution in [0.5, 0.6) is 0 Å². The number of carbonyl (C=O) groups excluding carboxylic acids is 4. The summed E-state index contributed by atoms with van der Waals surface area (Å²) in [5.41, 5.74) is 1.10. The molecule has 0 aliphatic rings. The fourth-order valence-electron chi connectivity index (χ4n) is 4.41. The van der Waals surface area contributed by atoms with Crippen molar-refractivity contribution in [3.8, 4) is 11.3 Å². The number of benzene rings is 1. The fraction of sp³-hybridized carbons (Fsp3) is 0.414. The molecule has 1 aromatic heterocycles. The van der Waals surface area contributed by atoms with E-state index in [2.05, 4.69) is 20.9 Å². The van der Waals surface area contributed by atoms with E-state index in [9.17, 15) is 34.0 Å². The van der Waals surface area contributed by atoms with E-state index in [-0.39, 0.29) is 24.3 Å². The van der Waals surface area contributed by atoms with E-state index < -0.39 is 54.1 Å². The molecule has 14 heteroatoms. The molecule has 1 aromatic carbocycles. The third kappa shape index (κ3) is 10.5. The molecule has 0 bridgehead atoms. The third-order valence-corrected chi connectivity index (χ3v) is 6.70. The van der Waals surface area contributed by atoms with E-state index >= 15 is 0 Å². The number of rotatable bonds is 18. The molecule has 14 nitrogen and oxygen atoms in total. The molecular weight excluding hydrogens is 562 g/mol. The third-order valence-electron chi connectivity index (χ3n) is 6.70. The van der Waals surface area contributed by atoms with Crippen LogP contribution in [-0.2, 0) is 19.2 Å². The summed E-state index contributed by atoms with van der Waals surface area (Å²) in [5, 5.41) is 35.8. The Bertz CT molecular complexity index is 1290. The minimum Gasteiger partial charge on any atom is -0.481 e. The molecule has 0 spiro atoms. The van der Waals surface area contributed by atoms with Gasteiger partial charge in [0, 0.05) is 11.1 Å². The largest absolute Gasteiger partial charge is 0.481 e. The first-order valence-corrected chi connectivity index (χ1v) is 13.8. The summed E-state index contributed by atoms with van der Waals surface area (Å²) in [6.45, 7) is 3.57. The van der Waals surface area contributed by atoms with Gasteiger partial charge >= 0.3 is 11.9 Å². The number of amides is 4. The minimum atomic E-state index is -1.59. The molecule has 4 amide bonds. The van der Waals surface area contributed by atoms with Crippen LogP contribution < -0.4 is 16.0 Å². The Morgan fingerprint density at radius 2 is 1.65 bits per heavy atom. The number of unbranched alkanes of at least 4 members (excludes halogenated alkanes) is 2. The lowest BCUT2D eigenvalue weighted by Gasteiger charge is -2.29. The second-order valence-electron chi connectivity index (χ2n) is 9.73. The maximum Gasteiger partial charge on any atom is 0.326 e. The topological polar surface area (TPSA) is 215 Å². The van der Waals surface area contributed by atoms with Crippen molar-refractivity contribution >= 4 is 36.1 Å². The number of aromatic nitrogens is 1. The van der Waals surface area contributed by atoms with Crippen molar-refractivity contribution in [2.75, 3.05) is 6.67 Å². The zero-order valence-corrected chi connectivity index (χ0v) is 24.0. The van der Waals surface area contributed by atoms with Crippen LogP contribution in [0.4, 0.5) is 0 Å². The molecule has 0 fully saturated rings. The number of hydrogen-bond donors (Lipinski definition) is 6. The van der Waals surface area contributed by atoms with Crippen molar-refractivity contribution in [2.45, 2.75) is 64.5 Å². The molecule has 0 saturated carbocycles. The van der Waals surface area contributed by atoms with Crippen LogP contribution in [0.2, 0.25) is 0 Å². The smallest absolute Gasteiger partial charge is 0.326 e. The molecule has 3 atom stereocenters. The van der Waals surface area contributed by atoms with E-state index in [0.717, 1.165) is 19.3 Å². The van der Waals surface area contributed by atoms with Crippen LogP contribution in [0.25, 0.3) is 11.3 Å². The standard InChI is InChI=1S/C29H37N5O9/c1-3-5-6-8-20(24(4-2)34(43)17-35)27(39)30-16-31-28(40)22-10-7-9-21(32-22)18-11-13-19(14-12-18)26(38)33-23(29(41)42)15-25(36)37/h7,9-14,17,20,23-24,43H,3-6,8,15-16H2,1-2H3,(H,30,39)(H,31,40)(H,33,38)(H,36,37)(H,41,42). The molecule has 3 unspecified atom stereocenters. The Kier molecular flexibility index (Phi) is 13.7. The summed E-state index contributed by atoms with van der Waals surface area (Å²) in [4.78, 5) is 75.6. The second-order valence-corrected chi connectivity index (χ2v) is 9.73. The van der Waals surface area contributed by atoms with Gasteiger partial charge in [0.25, 0.3) is 11.8 Å². The Morgan fingerprint density at radius 1 is 0.953 bits per heavy atom. The molecule has 0 saturated heterocycles. The Balaban J connectivity index is 2.04. The van der Waals surface area contributed by atoms with Gasteiger partial charge in [-0.2, -0.15) is 0 Å². The highest BCUT2D eigenvalue weighted by Gasteiger charge is 2.30. The second kappa shape index (κ2) is 17.2. The number of pyridine rings is 1. The van der Waals surface area contributed by atoms with Crippen molar-refractivity contribution in [3.05, 3.63) is 53.7 Å². The molecule has 2 rings (SSSR count). The van der Waals surface area contributed by atoms with Gasteiger partial charge in [0.2, 0.25) is 12.3 Å². The van der Waals surface area contributed by atoms with E-state index in [1.165, 1.54) is 18.2 Å². The highest BCUT2D eigenvalue weighted by atomic mass is 16.5. The van der Waals surface area contributed by atoms with Crippen LogP contribution in [-0.4, -0.2) is 80.3 Å². The van der Waals surface area contributed by atoms with Gasteiger partial charge in [-0.1, -0.05) is 51.3 Å². The maximum absolute atomic E-state index is 12.9. The first-order chi connectivity index (χ1) is 20.5. The number of hydrogen-bond acceptors (Lipinski definition) is 8. The fourth-order valence-corrected chi connectivity index (χ4v) is 4.41. The van der Waals surface area contributed by atoms with E-state index in [4.69, 9.17) is 10.2 Å². The number of carboxylic acids is 2. The van der Waals surface area contributed by atoms with Crippen LogP contribution in [0.15, 0.2) is 42.5 Å². The molecule has 1 heterocycles. The molecule has 43 heavy (non-hydrogen) atoms. The number of carboxylic acid groups (broad SMARTS) is 2. The van der Waals surface area contributed by atoms with Crippen LogP contribution in [0.3, 0.4) is 0 Å². The van der Waals surface area contributed by atoms with Gasteiger partial charge in [-0.25, -0.2) is 14.8 Å².